The second-order valence-corrected chi connectivity index (χ2v) is 3.47. The summed E-state index contributed by atoms with van der Waals surface area (Å²) in [6, 6.07) is 5.60. The number of fused-ring (bicyclic) bond motifs is 3. The molecular formula is C11H9N3O. The van der Waals surface area contributed by atoms with Gasteiger partial charge in [0.25, 0.3) is 0 Å². The quantitative estimate of drug-likeness (QED) is 0.518. The fraction of sp³-hybridized carbons (Fsp3) is 0. The first-order valence-electron chi connectivity index (χ1n) is 4.60. The maximum absolute atomic E-state index is 9.65. The molecule has 3 aromatic rings. The summed E-state index contributed by atoms with van der Waals surface area (Å²) in [4.78, 5) is 6.95. The van der Waals surface area contributed by atoms with Crippen molar-refractivity contribution in [1.29, 1.82) is 0 Å². The molecule has 0 aliphatic heterocycles. The second-order valence-electron chi connectivity index (χ2n) is 3.47. The molecule has 15 heavy (non-hydrogen) atoms. The standard InChI is InChI=1S/C11H9N3O/c12-7-3-4-13-8-2-1-6-5-14-11(15)9(6)10(7)8/h1-5,13,15H,12H2. The maximum Gasteiger partial charge on any atom is 0.219 e. The minimum absolute atomic E-state index is 0.0295. The molecule has 0 saturated carbocycles. The number of nitrogens with one attached hydrogen (secondary N) is 1. The molecule has 3 rings (SSSR count). The third-order valence-corrected chi connectivity index (χ3v) is 2.58. The van der Waals surface area contributed by atoms with E-state index >= 15 is 0 Å². The molecular weight excluding hydrogens is 190 g/mol. The van der Waals surface area contributed by atoms with Crippen LogP contribution in [0.15, 0.2) is 30.6 Å². The summed E-state index contributed by atoms with van der Waals surface area (Å²) in [6.07, 6.45) is 3.41. The number of hydrogen-bond acceptors (Lipinski definition) is 3. The Balaban J connectivity index is 2.68. The molecule has 0 amide bonds. The van der Waals surface area contributed by atoms with Crippen molar-refractivity contribution in [2.75, 3.05) is 5.73 Å². The summed E-state index contributed by atoms with van der Waals surface area (Å²) in [5, 5.41) is 12.1. The van der Waals surface area contributed by atoms with Crippen LogP contribution < -0.4 is 5.73 Å². The summed E-state index contributed by atoms with van der Waals surface area (Å²) < 4.78 is 0. The molecule has 4 heteroatoms. The number of nitrogens with two attached hydrogens (primary N) is 1. The lowest BCUT2D eigenvalue weighted by atomic mass is 10.1. The van der Waals surface area contributed by atoms with Crippen molar-refractivity contribution in [3.8, 4) is 5.88 Å². The molecule has 0 aliphatic carbocycles. The van der Waals surface area contributed by atoms with Gasteiger partial charge < -0.3 is 15.8 Å². The molecule has 0 fully saturated rings. The van der Waals surface area contributed by atoms with E-state index in [4.69, 9.17) is 5.73 Å². The van der Waals surface area contributed by atoms with Crippen molar-refractivity contribution in [2.45, 2.75) is 0 Å². The summed E-state index contributed by atoms with van der Waals surface area (Å²) >= 11 is 0. The van der Waals surface area contributed by atoms with Crippen molar-refractivity contribution in [3.05, 3.63) is 30.6 Å². The van der Waals surface area contributed by atoms with Crippen molar-refractivity contribution in [2.24, 2.45) is 0 Å². The number of nitrogens with zero attached hydrogens (tertiary/aromatic N) is 1. The van der Waals surface area contributed by atoms with Gasteiger partial charge in [0.05, 0.1) is 5.39 Å². The Hall–Kier alpha value is -2.23. The first-order valence-corrected chi connectivity index (χ1v) is 4.60. The first-order chi connectivity index (χ1) is 7.27. The fourth-order valence-corrected chi connectivity index (χ4v) is 1.89. The average Bonchev–Trinajstić information content (AvgIpc) is 2.61. The number of hydrogen-bond donors (Lipinski definition) is 3. The van der Waals surface area contributed by atoms with Crippen LogP contribution in [0.4, 0.5) is 5.69 Å². The molecule has 0 radical (unpaired) electrons. The number of aromatic nitrogens is 2. The molecule has 2 aromatic heterocycles. The summed E-state index contributed by atoms with van der Waals surface area (Å²) in [5.41, 5.74) is 7.42. The van der Waals surface area contributed by atoms with Gasteiger partial charge in [-0.3, -0.25) is 0 Å². The van der Waals surface area contributed by atoms with Crippen LogP contribution in [-0.2, 0) is 0 Å². The number of benzene rings is 1. The lowest BCUT2D eigenvalue weighted by Gasteiger charge is -2.03. The Morgan fingerprint density at radius 2 is 2.07 bits per heavy atom. The minimum Gasteiger partial charge on any atom is -0.493 e. The Bertz CT molecular complexity index is 657. The lowest BCUT2D eigenvalue weighted by molar-refractivity contribution is 0.463. The highest BCUT2D eigenvalue weighted by Crippen LogP contribution is 2.33. The smallest absolute Gasteiger partial charge is 0.219 e. The van der Waals surface area contributed by atoms with Gasteiger partial charge >= 0.3 is 0 Å². The van der Waals surface area contributed by atoms with Crippen molar-refractivity contribution in [3.63, 3.8) is 0 Å². The van der Waals surface area contributed by atoms with Crippen LogP contribution in [0.2, 0.25) is 0 Å². The normalized spacial score (nSPS) is 11.2. The number of pyridine rings is 1. The monoisotopic (exact) mass is 199 g/mol. The lowest BCUT2D eigenvalue weighted by Crippen LogP contribution is -1.88. The molecule has 4 nitrogen and oxygen atoms in total. The summed E-state index contributed by atoms with van der Waals surface area (Å²) in [7, 11) is 0. The van der Waals surface area contributed by atoms with Crippen molar-refractivity contribution < 1.29 is 5.11 Å². The van der Waals surface area contributed by atoms with Crippen LogP contribution in [0.3, 0.4) is 0 Å². The third kappa shape index (κ3) is 0.985. The number of nitrogen functional groups attached to an aromatic ring is 1. The Labute approximate surface area is 85.4 Å². The van der Waals surface area contributed by atoms with Crippen LogP contribution in [0.1, 0.15) is 0 Å². The SMILES string of the molecule is Nc1cc[nH]c2ccc3cnc(O)c3c12. The predicted molar refractivity (Wildman–Crippen MR) is 59.7 cm³/mol. The Kier molecular flexibility index (Phi) is 1.42. The summed E-state index contributed by atoms with van der Waals surface area (Å²) in [6.45, 7) is 0. The molecule has 0 spiro atoms. The fourth-order valence-electron chi connectivity index (χ4n) is 1.89. The Morgan fingerprint density at radius 3 is 2.93 bits per heavy atom. The number of rotatable bonds is 0. The minimum atomic E-state index is 0.0295. The van der Waals surface area contributed by atoms with Gasteiger partial charge in [0, 0.05) is 34.4 Å². The highest BCUT2D eigenvalue weighted by Gasteiger charge is 2.09. The molecule has 74 valence electrons. The van der Waals surface area contributed by atoms with Gasteiger partial charge in [-0.2, -0.15) is 0 Å². The molecule has 0 bridgehead atoms. The van der Waals surface area contributed by atoms with Crippen LogP contribution in [0.25, 0.3) is 21.7 Å². The van der Waals surface area contributed by atoms with Crippen LogP contribution in [0, 0.1) is 0 Å². The van der Waals surface area contributed by atoms with Gasteiger partial charge in [0.2, 0.25) is 5.88 Å². The molecule has 2 heterocycles. The zero-order valence-electron chi connectivity index (χ0n) is 7.86. The molecule has 0 atom stereocenters. The zero-order valence-corrected chi connectivity index (χ0v) is 7.86. The van der Waals surface area contributed by atoms with Gasteiger partial charge in [-0.1, -0.05) is 6.07 Å². The van der Waals surface area contributed by atoms with Gasteiger partial charge in [0.1, 0.15) is 0 Å². The largest absolute Gasteiger partial charge is 0.493 e. The molecule has 1 aromatic carbocycles. The van der Waals surface area contributed by atoms with Crippen LogP contribution in [-0.4, -0.2) is 15.1 Å². The highest BCUT2D eigenvalue weighted by atomic mass is 16.3. The van der Waals surface area contributed by atoms with Crippen LogP contribution >= 0.6 is 0 Å². The topological polar surface area (TPSA) is 74.9 Å². The van der Waals surface area contributed by atoms with Crippen LogP contribution in [0.5, 0.6) is 5.88 Å². The van der Waals surface area contributed by atoms with E-state index < -0.39 is 0 Å². The van der Waals surface area contributed by atoms with E-state index in [0.29, 0.717) is 11.1 Å². The average molecular weight is 199 g/mol. The number of aromatic hydroxyl groups is 1. The molecule has 0 unspecified atom stereocenters. The van der Waals surface area contributed by atoms with E-state index in [1.54, 1.807) is 18.5 Å². The number of H-pyrrole nitrogens is 1. The van der Waals surface area contributed by atoms with Gasteiger partial charge in [-0.25, -0.2) is 4.98 Å². The van der Waals surface area contributed by atoms with Crippen molar-refractivity contribution >= 4 is 27.4 Å². The van der Waals surface area contributed by atoms with E-state index in [2.05, 4.69) is 9.97 Å². The van der Waals surface area contributed by atoms with E-state index in [1.807, 2.05) is 12.1 Å². The van der Waals surface area contributed by atoms with Gasteiger partial charge in [0.15, 0.2) is 0 Å². The maximum atomic E-state index is 9.65. The molecule has 0 saturated heterocycles. The van der Waals surface area contributed by atoms with Gasteiger partial charge in [-0.15, -0.1) is 0 Å². The predicted octanol–water partition coefficient (Wildman–Crippen LogP) is 2.00. The molecule has 0 aliphatic rings. The first kappa shape index (κ1) is 8.11. The molecule has 4 N–H and O–H groups in total. The van der Waals surface area contributed by atoms with E-state index in [-0.39, 0.29) is 5.88 Å². The highest BCUT2D eigenvalue weighted by molar-refractivity contribution is 6.13. The van der Waals surface area contributed by atoms with Crippen molar-refractivity contribution in [1.82, 2.24) is 9.97 Å². The Morgan fingerprint density at radius 1 is 1.20 bits per heavy atom. The number of aromatic amines is 1. The second kappa shape index (κ2) is 2.63. The zero-order chi connectivity index (χ0) is 10.4. The summed E-state index contributed by atoms with van der Waals surface area (Å²) in [5.74, 6) is 0.0295. The number of anilines is 1. The van der Waals surface area contributed by atoms with E-state index in [0.717, 1.165) is 16.3 Å². The van der Waals surface area contributed by atoms with Gasteiger partial charge in [-0.05, 0) is 12.1 Å². The third-order valence-electron chi connectivity index (χ3n) is 2.58. The van der Waals surface area contributed by atoms with E-state index in [9.17, 15) is 5.11 Å². The van der Waals surface area contributed by atoms with E-state index in [1.165, 1.54) is 0 Å².